The summed E-state index contributed by atoms with van der Waals surface area (Å²) in [5.74, 6) is 0.588. The Morgan fingerprint density at radius 1 is 1.20 bits per heavy atom. The van der Waals surface area contributed by atoms with Crippen LogP contribution in [-0.4, -0.2) is 13.7 Å². The second-order valence-corrected chi connectivity index (χ2v) is 3.75. The molecule has 0 saturated carbocycles. The fourth-order valence-electron chi connectivity index (χ4n) is 1.59. The van der Waals surface area contributed by atoms with Crippen LogP contribution in [0.1, 0.15) is 25.3 Å². The second-order valence-electron chi connectivity index (χ2n) is 3.75. The molecule has 0 aromatic heterocycles. The van der Waals surface area contributed by atoms with E-state index >= 15 is 0 Å². The maximum absolute atomic E-state index is 4.97. The highest BCUT2D eigenvalue weighted by molar-refractivity contribution is 5.14. The Morgan fingerprint density at radius 2 is 1.93 bits per heavy atom. The molecule has 2 nitrogen and oxygen atoms in total. The van der Waals surface area contributed by atoms with E-state index in [1.165, 1.54) is 5.56 Å². The van der Waals surface area contributed by atoms with Crippen molar-refractivity contribution in [2.24, 2.45) is 5.92 Å². The zero-order valence-electron chi connectivity index (χ0n) is 9.61. The SMILES string of the molecule is CCC(CCc1ccccc1)COOC. The lowest BCUT2D eigenvalue weighted by molar-refractivity contribution is -0.280. The Hall–Kier alpha value is -0.860. The summed E-state index contributed by atoms with van der Waals surface area (Å²) in [5.41, 5.74) is 1.40. The molecule has 2 heteroatoms. The standard InChI is InChI=1S/C13H20O2/c1-3-12(11-15-14-2)9-10-13-7-5-4-6-8-13/h4-8,12H,3,9-11H2,1-2H3. The minimum Gasteiger partial charge on any atom is -0.240 e. The Labute approximate surface area is 92.1 Å². The lowest BCUT2D eigenvalue weighted by Crippen LogP contribution is -2.09. The highest BCUT2D eigenvalue weighted by Gasteiger charge is 2.06. The Balaban J connectivity index is 2.28. The van der Waals surface area contributed by atoms with Crippen LogP contribution in [0, 0.1) is 5.92 Å². The summed E-state index contributed by atoms with van der Waals surface area (Å²) in [6.45, 7) is 2.88. The average molecular weight is 208 g/mol. The minimum absolute atomic E-state index is 0.588. The Bertz CT molecular complexity index is 246. The maximum Gasteiger partial charge on any atom is 0.0850 e. The number of hydrogen-bond acceptors (Lipinski definition) is 2. The number of benzene rings is 1. The number of hydrogen-bond donors (Lipinski definition) is 0. The normalized spacial score (nSPS) is 12.7. The lowest BCUT2D eigenvalue weighted by atomic mass is 9.98. The molecular weight excluding hydrogens is 188 g/mol. The summed E-state index contributed by atoms with van der Waals surface area (Å²) in [5, 5.41) is 0. The van der Waals surface area contributed by atoms with Crippen molar-refractivity contribution in [1.29, 1.82) is 0 Å². The average Bonchev–Trinajstić information content (AvgIpc) is 2.31. The molecule has 0 radical (unpaired) electrons. The van der Waals surface area contributed by atoms with E-state index in [1.807, 2.05) is 0 Å². The molecule has 0 spiro atoms. The van der Waals surface area contributed by atoms with Gasteiger partial charge in [0.25, 0.3) is 0 Å². The van der Waals surface area contributed by atoms with E-state index in [9.17, 15) is 0 Å². The van der Waals surface area contributed by atoms with Crippen molar-refractivity contribution in [3.05, 3.63) is 35.9 Å². The topological polar surface area (TPSA) is 18.5 Å². The first-order valence-corrected chi connectivity index (χ1v) is 5.56. The highest BCUT2D eigenvalue weighted by atomic mass is 17.2. The molecule has 0 amide bonds. The quantitative estimate of drug-likeness (QED) is 0.506. The first-order chi connectivity index (χ1) is 7.36. The van der Waals surface area contributed by atoms with Gasteiger partial charge in [-0.1, -0.05) is 43.7 Å². The fraction of sp³-hybridized carbons (Fsp3) is 0.538. The van der Waals surface area contributed by atoms with Crippen molar-refractivity contribution in [3.63, 3.8) is 0 Å². The van der Waals surface area contributed by atoms with E-state index in [0.717, 1.165) is 19.3 Å². The van der Waals surface area contributed by atoms with Gasteiger partial charge in [0.05, 0.1) is 13.7 Å². The summed E-state index contributed by atoms with van der Waals surface area (Å²) < 4.78 is 0. The Morgan fingerprint density at radius 3 is 2.53 bits per heavy atom. The van der Waals surface area contributed by atoms with Crippen LogP contribution in [0.4, 0.5) is 0 Å². The predicted octanol–water partition coefficient (Wildman–Crippen LogP) is 3.22. The van der Waals surface area contributed by atoms with Crippen LogP contribution in [0.5, 0.6) is 0 Å². The largest absolute Gasteiger partial charge is 0.240 e. The van der Waals surface area contributed by atoms with Crippen molar-refractivity contribution >= 4 is 0 Å². The molecule has 0 bridgehead atoms. The fourth-order valence-corrected chi connectivity index (χ4v) is 1.59. The molecular formula is C13H20O2. The van der Waals surface area contributed by atoms with Crippen LogP contribution in [0.2, 0.25) is 0 Å². The first-order valence-electron chi connectivity index (χ1n) is 5.56. The number of rotatable bonds is 7. The molecule has 0 aliphatic rings. The van der Waals surface area contributed by atoms with E-state index in [-0.39, 0.29) is 0 Å². The summed E-state index contributed by atoms with van der Waals surface area (Å²) in [6.07, 6.45) is 3.41. The highest BCUT2D eigenvalue weighted by Crippen LogP contribution is 2.13. The lowest BCUT2D eigenvalue weighted by Gasteiger charge is -2.13. The molecule has 0 fully saturated rings. The van der Waals surface area contributed by atoms with Crippen molar-refractivity contribution in [2.45, 2.75) is 26.2 Å². The molecule has 1 unspecified atom stereocenters. The smallest absolute Gasteiger partial charge is 0.0850 e. The number of aryl methyl sites for hydroxylation is 1. The van der Waals surface area contributed by atoms with Gasteiger partial charge in [-0.15, -0.1) is 0 Å². The van der Waals surface area contributed by atoms with Crippen molar-refractivity contribution in [1.82, 2.24) is 0 Å². The maximum atomic E-state index is 4.97. The molecule has 0 saturated heterocycles. The van der Waals surface area contributed by atoms with Gasteiger partial charge in [-0.25, -0.2) is 9.78 Å². The van der Waals surface area contributed by atoms with Gasteiger partial charge in [-0.05, 0) is 24.3 Å². The van der Waals surface area contributed by atoms with E-state index in [1.54, 1.807) is 7.11 Å². The molecule has 1 aromatic carbocycles. The molecule has 15 heavy (non-hydrogen) atoms. The summed E-state index contributed by atoms with van der Waals surface area (Å²) >= 11 is 0. The van der Waals surface area contributed by atoms with Crippen molar-refractivity contribution in [3.8, 4) is 0 Å². The van der Waals surface area contributed by atoms with E-state index in [0.29, 0.717) is 12.5 Å². The molecule has 84 valence electrons. The van der Waals surface area contributed by atoms with Gasteiger partial charge in [-0.3, -0.25) is 0 Å². The van der Waals surface area contributed by atoms with Gasteiger partial charge in [0.15, 0.2) is 0 Å². The third-order valence-electron chi connectivity index (χ3n) is 2.68. The van der Waals surface area contributed by atoms with E-state index in [4.69, 9.17) is 4.89 Å². The predicted molar refractivity (Wildman–Crippen MR) is 61.5 cm³/mol. The second kappa shape index (κ2) is 7.43. The van der Waals surface area contributed by atoms with Crippen LogP contribution < -0.4 is 0 Å². The molecule has 1 rings (SSSR count). The zero-order chi connectivity index (χ0) is 10.9. The van der Waals surface area contributed by atoms with Crippen LogP contribution in [-0.2, 0) is 16.2 Å². The van der Waals surface area contributed by atoms with Crippen LogP contribution in [0.25, 0.3) is 0 Å². The van der Waals surface area contributed by atoms with Crippen LogP contribution in [0.15, 0.2) is 30.3 Å². The van der Waals surface area contributed by atoms with Crippen LogP contribution >= 0.6 is 0 Å². The van der Waals surface area contributed by atoms with E-state index in [2.05, 4.69) is 42.1 Å². The van der Waals surface area contributed by atoms with Crippen LogP contribution in [0.3, 0.4) is 0 Å². The summed E-state index contributed by atoms with van der Waals surface area (Å²) in [6, 6.07) is 10.6. The minimum atomic E-state index is 0.588. The molecule has 0 heterocycles. The molecule has 0 N–H and O–H groups in total. The third kappa shape index (κ3) is 4.96. The van der Waals surface area contributed by atoms with Crippen molar-refractivity contribution in [2.75, 3.05) is 13.7 Å². The Kier molecular flexibility index (Phi) is 6.05. The molecule has 0 aliphatic carbocycles. The summed E-state index contributed by atoms with van der Waals surface area (Å²) in [7, 11) is 1.56. The van der Waals surface area contributed by atoms with Gasteiger partial charge < -0.3 is 0 Å². The van der Waals surface area contributed by atoms with Gasteiger partial charge in [0, 0.05) is 0 Å². The van der Waals surface area contributed by atoms with E-state index < -0.39 is 0 Å². The first kappa shape index (κ1) is 12.2. The van der Waals surface area contributed by atoms with Gasteiger partial charge >= 0.3 is 0 Å². The van der Waals surface area contributed by atoms with Gasteiger partial charge in [0.1, 0.15) is 0 Å². The monoisotopic (exact) mass is 208 g/mol. The zero-order valence-corrected chi connectivity index (χ0v) is 9.61. The van der Waals surface area contributed by atoms with Crippen molar-refractivity contribution < 1.29 is 9.78 Å². The van der Waals surface area contributed by atoms with Gasteiger partial charge in [-0.2, -0.15) is 0 Å². The van der Waals surface area contributed by atoms with Gasteiger partial charge in [0.2, 0.25) is 0 Å². The molecule has 1 atom stereocenters. The third-order valence-corrected chi connectivity index (χ3v) is 2.68. The molecule has 1 aromatic rings. The summed E-state index contributed by atoms with van der Waals surface area (Å²) in [4.78, 5) is 9.60. The molecule has 0 aliphatic heterocycles.